The van der Waals surface area contributed by atoms with Gasteiger partial charge >= 0.3 is 0 Å². The highest BCUT2D eigenvalue weighted by atomic mass is 16.2. The first-order valence-corrected chi connectivity index (χ1v) is 7.23. The summed E-state index contributed by atoms with van der Waals surface area (Å²) >= 11 is 0. The summed E-state index contributed by atoms with van der Waals surface area (Å²) in [4.78, 5) is 16.5. The van der Waals surface area contributed by atoms with E-state index in [2.05, 4.69) is 35.5 Å². The molecule has 0 saturated carbocycles. The SMILES string of the molecule is Cc1cc(C)c(C(C)NC(C)C(=O)NC(C)C)c(C)n1. The highest BCUT2D eigenvalue weighted by Gasteiger charge is 2.19. The van der Waals surface area contributed by atoms with E-state index in [0.717, 1.165) is 11.4 Å². The minimum Gasteiger partial charge on any atom is -0.353 e. The van der Waals surface area contributed by atoms with E-state index in [1.807, 2.05) is 34.6 Å². The lowest BCUT2D eigenvalue weighted by atomic mass is 9.99. The Morgan fingerprint density at radius 3 is 2.25 bits per heavy atom. The molecular weight excluding hydrogens is 250 g/mol. The average Bonchev–Trinajstić information content (AvgIpc) is 2.25. The smallest absolute Gasteiger partial charge is 0.237 e. The van der Waals surface area contributed by atoms with Crippen molar-refractivity contribution in [3.63, 3.8) is 0 Å². The zero-order chi connectivity index (χ0) is 15.4. The van der Waals surface area contributed by atoms with Gasteiger partial charge in [0, 0.05) is 23.5 Å². The molecule has 0 aliphatic heterocycles. The van der Waals surface area contributed by atoms with Crippen molar-refractivity contribution in [2.24, 2.45) is 0 Å². The molecule has 1 aromatic rings. The Morgan fingerprint density at radius 1 is 1.15 bits per heavy atom. The van der Waals surface area contributed by atoms with E-state index in [-0.39, 0.29) is 24.0 Å². The van der Waals surface area contributed by atoms with Crippen LogP contribution in [0.4, 0.5) is 0 Å². The third-order valence-corrected chi connectivity index (χ3v) is 3.34. The molecule has 4 nitrogen and oxygen atoms in total. The molecule has 0 radical (unpaired) electrons. The number of aromatic nitrogens is 1. The Labute approximate surface area is 122 Å². The van der Waals surface area contributed by atoms with Crippen LogP contribution in [0.3, 0.4) is 0 Å². The van der Waals surface area contributed by atoms with Crippen LogP contribution in [0.15, 0.2) is 6.07 Å². The number of nitrogens with one attached hydrogen (secondary N) is 2. The van der Waals surface area contributed by atoms with Crippen molar-refractivity contribution in [2.75, 3.05) is 0 Å². The van der Waals surface area contributed by atoms with Crippen molar-refractivity contribution in [2.45, 2.75) is 66.6 Å². The third kappa shape index (κ3) is 4.30. The summed E-state index contributed by atoms with van der Waals surface area (Å²) in [5.41, 5.74) is 4.45. The van der Waals surface area contributed by atoms with Crippen LogP contribution < -0.4 is 10.6 Å². The van der Waals surface area contributed by atoms with E-state index in [9.17, 15) is 4.79 Å². The van der Waals surface area contributed by atoms with Crippen molar-refractivity contribution in [3.8, 4) is 0 Å². The Morgan fingerprint density at radius 2 is 1.75 bits per heavy atom. The highest BCUT2D eigenvalue weighted by Crippen LogP contribution is 2.21. The largest absolute Gasteiger partial charge is 0.353 e. The van der Waals surface area contributed by atoms with Gasteiger partial charge in [-0.05, 0) is 65.7 Å². The molecule has 0 spiro atoms. The maximum atomic E-state index is 12.0. The number of aryl methyl sites for hydroxylation is 3. The van der Waals surface area contributed by atoms with Gasteiger partial charge in [0.25, 0.3) is 0 Å². The summed E-state index contributed by atoms with van der Waals surface area (Å²) in [6, 6.07) is 2.11. The second-order valence-electron chi connectivity index (χ2n) is 5.85. The van der Waals surface area contributed by atoms with Gasteiger partial charge in [-0.1, -0.05) is 0 Å². The molecule has 1 aromatic heterocycles. The summed E-state index contributed by atoms with van der Waals surface area (Å²) in [6.07, 6.45) is 0. The van der Waals surface area contributed by atoms with Crippen LogP contribution in [0.25, 0.3) is 0 Å². The molecule has 0 bridgehead atoms. The van der Waals surface area contributed by atoms with Crippen molar-refractivity contribution >= 4 is 5.91 Å². The molecule has 1 rings (SSSR count). The van der Waals surface area contributed by atoms with Crippen LogP contribution in [0.1, 0.15) is 56.3 Å². The number of hydrogen-bond acceptors (Lipinski definition) is 3. The van der Waals surface area contributed by atoms with Crippen LogP contribution in [0, 0.1) is 20.8 Å². The molecule has 112 valence electrons. The molecule has 0 aromatic carbocycles. The van der Waals surface area contributed by atoms with Crippen molar-refractivity contribution < 1.29 is 4.79 Å². The Balaban J connectivity index is 2.81. The Bertz CT molecular complexity index is 460. The molecule has 4 heteroatoms. The lowest BCUT2D eigenvalue weighted by Gasteiger charge is -2.23. The summed E-state index contributed by atoms with van der Waals surface area (Å²) in [7, 11) is 0. The zero-order valence-electron chi connectivity index (χ0n) is 13.7. The van der Waals surface area contributed by atoms with E-state index in [0.29, 0.717) is 0 Å². The summed E-state index contributed by atoms with van der Waals surface area (Å²) in [6.45, 7) is 14.0. The molecule has 0 saturated heterocycles. The number of rotatable bonds is 5. The molecule has 0 aliphatic carbocycles. The van der Waals surface area contributed by atoms with Gasteiger partial charge in [-0.25, -0.2) is 0 Å². The molecule has 2 unspecified atom stereocenters. The summed E-state index contributed by atoms with van der Waals surface area (Å²) in [5.74, 6) is 0.0298. The number of hydrogen-bond donors (Lipinski definition) is 2. The van der Waals surface area contributed by atoms with Crippen LogP contribution in [0.2, 0.25) is 0 Å². The maximum absolute atomic E-state index is 12.0. The fourth-order valence-electron chi connectivity index (χ4n) is 2.63. The minimum atomic E-state index is -0.229. The number of pyridine rings is 1. The van der Waals surface area contributed by atoms with Crippen molar-refractivity contribution in [1.82, 2.24) is 15.6 Å². The highest BCUT2D eigenvalue weighted by molar-refractivity contribution is 5.81. The first-order chi connectivity index (χ1) is 9.22. The Kier molecular flexibility index (Phi) is 5.69. The lowest BCUT2D eigenvalue weighted by molar-refractivity contribution is -0.123. The number of carbonyl (C=O) groups is 1. The average molecular weight is 277 g/mol. The fourth-order valence-corrected chi connectivity index (χ4v) is 2.63. The molecule has 2 N–H and O–H groups in total. The predicted octanol–water partition coefficient (Wildman–Crippen LogP) is 2.57. The third-order valence-electron chi connectivity index (χ3n) is 3.34. The summed E-state index contributed by atoms with van der Waals surface area (Å²) < 4.78 is 0. The van der Waals surface area contributed by atoms with Gasteiger partial charge < -0.3 is 5.32 Å². The lowest BCUT2D eigenvalue weighted by Crippen LogP contribution is -2.45. The second kappa shape index (κ2) is 6.84. The van der Waals surface area contributed by atoms with Crippen molar-refractivity contribution in [1.29, 1.82) is 0 Å². The molecule has 0 fully saturated rings. The minimum absolute atomic E-state index is 0.0298. The summed E-state index contributed by atoms with van der Waals surface area (Å²) in [5, 5.41) is 6.27. The van der Waals surface area contributed by atoms with E-state index in [1.54, 1.807) is 0 Å². The normalized spacial score (nSPS) is 14.2. The Hall–Kier alpha value is -1.42. The van der Waals surface area contributed by atoms with Gasteiger partial charge in [-0.3, -0.25) is 15.1 Å². The van der Waals surface area contributed by atoms with Gasteiger partial charge in [0.2, 0.25) is 5.91 Å². The molecule has 1 heterocycles. The molecule has 1 amide bonds. The second-order valence-corrected chi connectivity index (χ2v) is 5.85. The van der Waals surface area contributed by atoms with Crippen LogP contribution in [0.5, 0.6) is 0 Å². The number of nitrogens with zero attached hydrogens (tertiary/aromatic N) is 1. The number of amides is 1. The fraction of sp³-hybridized carbons (Fsp3) is 0.625. The molecule has 0 aliphatic rings. The first kappa shape index (κ1) is 16.6. The maximum Gasteiger partial charge on any atom is 0.237 e. The zero-order valence-corrected chi connectivity index (χ0v) is 13.7. The topological polar surface area (TPSA) is 54.0 Å². The van der Waals surface area contributed by atoms with Gasteiger partial charge in [0.05, 0.1) is 6.04 Å². The van der Waals surface area contributed by atoms with E-state index >= 15 is 0 Å². The van der Waals surface area contributed by atoms with Crippen molar-refractivity contribution in [3.05, 3.63) is 28.6 Å². The standard InChI is InChI=1S/C16H27N3O/c1-9(2)17-16(20)14(7)19-13(6)15-10(3)8-11(4)18-12(15)5/h8-9,13-14,19H,1-7H3,(H,17,20). The molecular formula is C16H27N3O. The van der Waals surface area contributed by atoms with Gasteiger partial charge in [-0.2, -0.15) is 0 Å². The van der Waals surface area contributed by atoms with Crippen LogP contribution in [-0.2, 0) is 4.79 Å². The molecule has 20 heavy (non-hydrogen) atoms. The molecule has 2 atom stereocenters. The monoisotopic (exact) mass is 277 g/mol. The van der Waals surface area contributed by atoms with E-state index in [4.69, 9.17) is 0 Å². The van der Waals surface area contributed by atoms with Gasteiger partial charge in [-0.15, -0.1) is 0 Å². The quantitative estimate of drug-likeness (QED) is 0.869. The first-order valence-electron chi connectivity index (χ1n) is 7.23. The van der Waals surface area contributed by atoms with Crippen LogP contribution in [-0.4, -0.2) is 23.0 Å². The van der Waals surface area contributed by atoms with Gasteiger partial charge in [0.1, 0.15) is 0 Å². The number of carbonyl (C=O) groups excluding carboxylic acids is 1. The van der Waals surface area contributed by atoms with E-state index < -0.39 is 0 Å². The van der Waals surface area contributed by atoms with E-state index in [1.165, 1.54) is 11.1 Å². The predicted molar refractivity (Wildman–Crippen MR) is 82.7 cm³/mol. The van der Waals surface area contributed by atoms with Crippen LogP contribution >= 0.6 is 0 Å². The van der Waals surface area contributed by atoms with Gasteiger partial charge in [0.15, 0.2) is 0 Å².